The summed E-state index contributed by atoms with van der Waals surface area (Å²) in [6.07, 6.45) is 3.04. The molecule has 0 bridgehead atoms. The van der Waals surface area contributed by atoms with Crippen molar-refractivity contribution >= 4 is 29.1 Å². The van der Waals surface area contributed by atoms with Gasteiger partial charge in [-0.1, -0.05) is 11.6 Å². The zero-order valence-corrected chi connectivity index (χ0v) is 15.4. The monoisotopic (exact) mass is 375 g/mol. The van der Waals surface area contributed by atoms with Gasteiger partial charge in [-0.2, -0.15) is 0 Å². The van der Waals surface area contributed by atoms with Gasteiger partial charge in [0.1, 0.15) is 0 Å². The van der Waals surface area contributed by atoms with E-state index in [1.807, 2.05) is 6.92 Å². The van der Waals surface area contributed by atoms with Crippen molar-refractivity contribution in [3.8, 4) is 0 Å². The molecule has 1 saturated heterocycles. The summed E-state index contributed by atoms with van der Waals surface area (Å²) in [5, 5.41) is 6.65. The van der Waals surface area contributed by atoms with Gasteiger partial charge >= 0.3 is 0 Å². The summed E-state index contributed by atoms with van der Waals surface area (Å²) in [7, 11) is 0. The average Bonchev–Trinajstić information content (AvgIpc) is 2.65. The second kappa shape index (κ2) is 8.93. The van der Waals surface area contributed by atoms with Crippen molar-refractivity contribution in [2.45, 2.75) is 6.92 Å². The Hall–Kier alpha value is -2.22. The molecule has 0 unspecified atom stereocenters. The molecule has 1 aliphatic rings. The maximum absolute atomic E-state index is 12.3. The minimum atomic E-state index is -0.254. The minimum absolute atomic E-state index is 0.254. The second-order valence-corrected chi connectivity index (χ2v) is 6.53. The minimum Gasteiger partial charge on any atom is -0.379 e. The van der Waals surface area contributed by atoms with E-state index in [9.17, 15) is 4.79 Å². The molecule has 2 heterocycles. The number of benzene rings is 1. The van der Waals surface area contributed by atoms with Crippen LogP contribution in [-0.2, 0) is 4.74 Å². The number of carbonyl (C=O) groups is 1. The smallest absolute Gasteiger partial charge is 0.258 e. The third-order valence-corrected chi connectivity index (χ3v) is 4.40. The maximum Gasteiger partial charge on any atom is 0.258 e. The number of morpholine rings is 1. The molecule has 2 aromatic rings. The molecule has 1 aromatic carbocycles. The molecular weight excluding hydrogens is 354 g/mol. The molecule has 0 spiro atoms. The standard InChI is InChI=1S/C18H22ClN5O2/c1-13-10-15(19)2-3-16(13)23-17(25)14-11-21-18(22-12-14)20-4-5-24-6-8-26-9-7-24/h2-3,10-12H,4-9H2,1H3,(H,23,25)(H,20,21,22). The molecule has 1 aromatic heterocycles. The number of aryl methyl sites for hydroxylation is 1. The number of aromatic nitrogens is 2. The lowest BCUT2D eigenvalue weighted by atomic mass is 10.2. The molecular formula is C18H22ClN5O2. The Bertz CT molecular complexity index is 748. The van der Waals surface area contributed by atoms with Crippen LogP contribution in [0.1, 0.15) is 15.9 Å². The largest absolute Gasteiger partial charge is 0.379 e. The molecule has 0 aliphatic carbocycles. The Balaban J connectivity index is 1.50. The average molecular weight is 376 g/mol. The van der Waals surface area contributed by atoms with E-state index in [-0.39, 0.29) is 5.91 Å². The van der Waals surface area contributed by atoms with E-state index >= 15 is 0 Å². The van der Waals surface area contributed by atoms with Crippen LogP contribution in [0.4, 0.5) is 11.6 Å². The summed E-state index contributed by atoms with van der Waals surface area (Å²) in [6.45, 7) is 7.01. The van der Waals surface area contributed by atoms with Crippen molar-refractivity contribution in [1.82, 2.24) is 14.9 Å². The van der Waals surface area contributed by atoms with Crippen molar-refractivity contribution in [1.29, 1.82) is 0 Å². The Morgan fingerprint density at radius 1 is 1.27 bits per heavy atom. The predicted octanol–water partition coefficient (Wildman–Crippen LogP) is 2.43. The molecule has 2 N–H and O–H groups in total. The van der Waals surface area contributed by atoms with Gasteiger partial charge in [0.15, 0.2) is 0 Å². The quantitative estimate of drug-likeness (QED) is 0.807. The van der Waals surface area contributed by atoms with E-state index in [2.05, 4.69) is 25.5 Å². The van der Waals surface area contributed by atoms with Crippen LogP contribution in [0.15, 0.2) is 30.6 Å². The molecule has 1 aliphatic heterocycles. The topological polar surface area (TPSA) is 79.4 Å². The molecule has 138 valence electrons. The first kappa shape index (κ1) is 18.6. The highest BCUT2D eigenvalue weighted by molar-refractivity contribution is 6.30. The van der Waals surface area contributed by atoms with Crippen LogP contribution < -0.4 is 10.6 Å². The van der Waals surface area contributed by atoms with E-state index < -0.39 is 0 Å². The van der Waals surface area contributed by atoms with Crippen LogP contribution in [0.3, 0.4) is 0 Å². The van der Waals surface area contributed by atoms with Crippen LogP contribution in [0.25, 0.3) is 0 Å². The van der Waals surface area contributed by atoms with Crippen LogP contribution in [0.2, 0.25) is 5.02 Å². The lowest BCUT2D eigenvalue weighted by Gasteiger charge is -2.26. The first-order valence-corrected chi connectivity index (χ1v) is 8.93. The zero-order chi connectivity index (χ0) is 18.4. The third kappa shape index (κ3) is 5.14. The van der Waals surface area contributed by atoms with E-state index in [4.69, 9.17) is 16.3 Å². The molecule has 0 atom stereocenters. The molecule has 26 heavy (non-hydrogen) atoms. The number of hydrogen-bond donors (Lipinski definition) is 2. The first-order valence-electron chi connectivity index (χ1n) is 8.55. The van der Waals surface area contributed by atoms with E-state index in [0.717, 1.165) is 45.0 Å². The van der Waals surface area contributed by atoms with Crippen LogP contribution in [0, 0.1) is 6.92 Å². The number of nitrogens with one attached hydrogen (secondary N) is 2. The lowest BCUT2D eigenvalue weighted by Crippen LogP contribution is -2.39. The number of rotatable bonds is 6. The van der Waals surface area contributed by atoms with Gasteiger partial charge in [-0.15, -0.1) is 0 Å². The fourth-order valence-corrected chi connectivity index (χ4v) is 2.88. The Morgan fingerprint density at radius 3 is 2.69 bits per heavy atom. The van der Waals surface area contributed by atoms with Gasteiger partial charge in [0, 0.05) is 49.3 Å². The van der Waals surface area contributed by atoms with Crippen molar-refractivity contribution in [2.75, 3.05) is 50.0 Å². The fraction of sp³-hybridized carbons (Fsp3) is 0.389. The summed E-state index contributed by atoms with van der Waals surface area (Å²) in [4.78, 5) is 23.1. The third-order valence-electron chi connectivity index (χ3n) is 4.17. The van der Waals surface area contributed by atoms with Crippen molar-refractivity contribution < 1.29 is 9.53 Å². The highest BCUT2D eigenvalue weighted by atomic mass is 35.5. The number of carbonyl (C=O) groups excluding carboxylic acids is 1. The highest BCUT2D eigenvalue weighted by Gasteiger charge is 2.11. The number of anilines is 2. The second-order valence-electron chi connectivity index (χ2n) is 6.09. The van der Waals surface area contributed by atoms with Crippen molar-refractivity contribution in [3.63, 3.8) is 0 Å². The zero-order valence-electron chi connectivity index (χ0n) is 14.7. The van der Waals surface area contributed by atoms with Gasteiger partial charge < -0.3 is 15.4 Å². The normalized spacial score (nSPS) is 14.8. The van der Waals surface area contributed by atoms with E-state index in [0.29, 0.717) is 22.2 Å². The molecule has 1 amide bonds. The Kier molecular flexibility index (Phi) is 6.38. The Morgan fingerprint density at radius 2 is 2.00 bits per heavy atom. The molecule has 3 rings (SSSR count). The summed E-state index contributed by atoms with van der Waals surface area (Å²) in [6, 6.07) is 5.31. The summed E-state index contributed by atoms with van der Waals surface area (Å²) in [5.74, 6) is 0.257. The van der Waals surface area contributed by atoms with Gasteiger partial charge in [0.25, 0.3) is 5.91 Å². The van der Waals surface area contributed by atoms with E-state index in [1.165, 1.54) is 12.4 Å². The van der Waals surface area contributed by atoms with Crippen molar-refractivity contribution in [2.24, 2.45) is 0 Å². The lowest BCUT2D eigenvalue weighted by molar-refractivity contribution is 0.0398. The summed E-state index contributed by atoms with van der Waals surface area (Å²) in [5.41, 5.74) is 2.01. The van der Waals surface area contributed by atoms with Gasteiger partial charge in [0.2, 0.25) is 5.95 Å². The number of nitrogens with zero attached hydrogens (tertiary/aromatic N) is 3. The van der Waals surface area contributed by atoms with Gasteiger partial charge in [0.05, 0.1) is 18.8 Å². The fourth-order valence-electron chi connectivity index (χ4n) is 2.65. The first-order chi connectivity index (χ1) is 12.6. The molecule has 0 saturated carbocycles. The SMILES string of the molecule is Cc1cc(Cl)ccc1NC(=O)c1cnc(NCCN2CCOCC2)nc1. The number of amides is 1. The van der Waals surface area contributed by atoms with Gasteiger partial charge in [-0.05, 0) is 30.7 Å². The van der Waals surface area contributed by atoms with Crippen molar-refractivity contribution in [3.05, 3.63) is 46.7 Å². The van der Waals surface area contributed by atoms with Gasteiger partial charge in [-0.25, -0.2) is 9.97 Å². The van der Waals surface area contributed by atoms with Crippen LogP contribution in [-0.4, -0.2) is 60.2 Å². The molecule has 8 heteroatoms. The summed E-state index contributed by atoms with van der Waals surface area (Å²) < 4.78 is 5.32. The number of ether oxygens (including phenoxy) is 1. The predicted molar refractivity (Wildman–Crippen MR) is 102 cm³/mol. The van der Waals surface area contributed by atoms with Crippen LogP contribution >= 0.6 is 11.6 Å². The summed E-state index contributed by atoms with van der Waals surface area (Å²) >= 11 is 5.93. The molecule has 7 nitrogen and oxygen atoms in total. The number of halogens is 1. The highest BCUT2D eigenvalue weighted by Crippen LogP contribution is 2.20. The van der Waals surface area contributed by atoms with Crippen LogP contribution in [0.5, 0.6) is 0 Å². The number of hydrogen-bond acceptors (Lipinski definition) is 6. The molecule has 0 radical (unpaired) electrons. The maximum atomic E-state index is 12.3. The van der Waals surface area contributed by atoms with Gasteiger partial charge in [-0.3, -0.25) is 9.69 Å². The van der Waals surface area contributed by atoms with E-state index in [1.54, 1.807) is 18.2 Å². The molecule has 1 fully saturated rings. The Labute approximate surface area is 157 Å².